The smallest absolute Gasteiger partial charge is 0.255 e. The fraction of sp³-hybridized carbons (Fsp3) is 0.750. The molecule has 0 aromatic carbocycles. The Kier molecular flexibility index (Phi) is 4.23. The lowest BCUT2D eigenvalue weighted by atomic mass is 9.94. The van der Waals surface area contributed by atoms with Crippen LogP contribution >= 0.6 is 0 Å². The number of likely N-dealkylation sites (tertiary alicyclic amines) is 1. The second-order valence-electron chi connectivity index (χ2n) is 6.62. The van der Waals surface area contributed by atoms with Gasteiger partial charge in [-0.15, -0.1) is 0 Å². The number of rotatable bonds is 2. The van der Waals surface area contributed by atoms with Gasteiger partial charge in [-0.2, -0.15) is 5.10 Å². The molecule has 6 heteroatoms. The van der Waals surface area contributed by atoms with Crippen LogP contribution in [0.15, 0.2) is 6.20 Å². The van der Waals surface area contributed by atoms with Gasteiger partial charge in [-0.1, -0.05) is 0 Å². The minimum atomic E-state index is -0.639. The molecule has 1 amide bonds. The first-order valence-electron chi connectivity index (χ1n) is 8.11. The van der Waals surface area contributed by atoms with Crippen molar-refractivity contribution in [3.8, 4) is 0 Å². The Morgan fingerprint density at radius 2 is 2.14 bits per heavy atom. The molecule has 0 saturated carbocycles. The first-order valence-corrected chi connectivity index (χ1v) is 8.11. The van der Waals surface area contributed by atoms with E-state index in [1.807, 2.05) is 29.9 Å². The van der Waals surface area contributed by atoms with Crippen LogP contribution in [0.4, 0.5) is 0 Å². The van der Waals surface area contributed by atoms with E-state index < -0.39 is 5.60 Å². The van der Waals surface area contributed by atoms with Crippen LogP contribution in [0, 0.1) is 6.92 Å². The third-order valence-corrected chi connectivity index (χ3v) is 5.06. The maximum absolute atomic E-state index is 12.7. The average molecular weight is 306 g/mol. The first kappa shape index (κ1) is 15.5. The SMILES string of the molecule is Cc1c(CN2CCOC3(CCCCN(C)C3=O)C2)cnn1C. The van der Waals surface area contributed by atoms with Gasteiger partial charge in [0.1, 0.15) is 0 Å². The van der Waals surface area contributed by atoms with Gasteiger partial charge < -0.3 is 9.64 Å². The zero-order valence-electron chi connectivity index (χ0n) is 13.8. The predicted molar refractivity (Wildman–Crippen MR) is 83.4 cm³/mol. The van der Waals surface area contributed by atoms with Crippen molar-refractivity contribution in [2.24, 2.45) is 7.05 Å². The number of carbonyl (C=O) groups excluding carboxylic acids is 1. The lowest BCUT2D eigenvalue weighted by Gasteiger charge is -2.42. The molecule has 6 nitrogen and oxygen atoms in total. The van der Waals surface area contributed by atoms with Gasteiger partial charge in [-0.05, 0) is 26.2 Å². The largest absolute Gasteiger partial charge is 0.362 e. The van der Waals surface area contributed by atoms with Crippen LogP contribution in [0.2, 0.25) is 0 Å². The van der Waals surface area contributed by atoms with Gasteiger partial charge in [-0.3, -0.25) is 14.4 Å². The molecule has 0 N–H and O–H groups in total. The highest BCUT2D eigenvalue weighted by atomic mass is 16.5. The van der Waals surface area contributed by atoms with Crippen molar-refractivity contribution in [3.05, 3.63) is 17.5 Å². The molecule has 1 spiro atoms. The van der Waals surface area contributed by atoms with E-state index in [4.69, 9.17) is 4.74 Å². The Hall–Kier alpha value is -1.40. The van der Waals surface area contributed by atoms with E-state index in [2.05, 4.69) is 16.9 Å². The van der Waals surface area contributed by atoms with E-state index in [0.717, 1.165) is 38.9 Å². The number of nitrogens with zero attached hydrogens (tertiary/aromatic N) is 4. The Labute approximate surface area is 132 Å². The van der Waals surface area contributed by atoms with Crippen LogP contribution in [-0.2, 0) is 23.1 Å². The fourth-order valence-electron chi connectivity index (χ4n) is 3.53. The Bertz CT molecular complexity index is 556. The van der Waals surface area contributed by atoms with Crippen molar-refractivity contribution in [2.75, 3.05) is 33.3 Å². The van der Waals surface area contributed by atoms with E-state index in [-0.39, 0.29) is 5.91 Å². The summed E-state index contributed by atoms with van der Waals surface area (Å²) in [7, 11) is 3.85. The lowest BCUT2D eigenvalue weighted by molar-refractivity contribution is -0.169. The quantitative estimate of drug-likeness (QED) is 0.816. The minimum absolute atomic E-state index is 0.151. The maximum atomic E-state index is 12.7. The summed E-state index contributed by atoms with van der Waals surface area (Å²) in [5.41, 5.74) is 1.78. The molecule has 2 aliphatic rings. The molecule has 22 heavy (non-hydrogen) atoms. The molecule has 2 fully saturated rings. The van der Waals surface area contributed by atoms with Crippen LogP contribution in [0.25, 0.3) is 0 Å². The highest BCUT2D eigenvalue weighted by molar-refractivity contribution is 5.85. The summed E-state index contributed by atoms with van der Waals surface area (Å²) in [6, 6.07) is 0. The molecule has 3 heterocycles. The molecule has 122 valence electrons. The standard InChI is InChI=1S/C16H26N4O2/c1-13-14(10-17-19(13)3)11-20-8-9-22-16(12-20)6-4-5-7-18(2)15(16)21/h10H,4-9,11-12H2,1-3H3. The summed E-state index contributed by atoms with van der Waals surface area (Å²) < 4.78 is 7.92. The molecular weight excluding hydrogens is 280 g/mol. The summed E-state index contributed by atoms with van der Waals surface area (Å²) >= 11 is 0. The summed E-state index contributed by atoms with van der Waals surface area (Å²) in [5.74, 6) is 0.151. The molecule has 2 aliphatic heterocycles. The van der Waals surface area contributed by atoms with Crippen molar-refractivity contribution >= 4 is 5.91 Å². The molecule has 0 radical (unpaired) electrons. The number of carbonyl (C=O) groups is 1. The third kappa shape index (κ3) is 2.77. The monoisotopic (exact) mass is 306 g/mol. The van der Waals surface area contributed by atoms with Crippen LogP contribution < -0.4 is 0 Å². The fourth-order valence-corrected chi connectivity index (χ4v) is 3.53. The molecule has 1 atom stereocenters. The zero-order chi connectivity index (χ0) is 15.7. The first-order chi connectivity index (χ1) is 10.5. The highest BCUT2D eigenvalue weighted by Gasteiger charge is 2.45. The second-order valence-corrected chi connectivity index (χ2v) is 6.62. The molecule has 0 aliphatic carbocycles. The summed E-state index contributed by atoms with van der Waals surface area (Å²) in [6.45, 7) is 5.94. The number of hydrogen-bond donors (Lipinski definition) is 0. The van der Waals surface area contributed by atoms with E-state index in [9.17, 15) is 4.79 Å². The minimum Gasteiger partial charge on any atom is -0.362 e. The molecule has 1 aromatic rings. The number of ether oxygens (including phenoxy) is 1. The van der Waals surface area contributed by atoms with Crippen molar-refractivity contribution in [3.63, 3.8) is 0 Å². The van der Waals surface area contributed by atoms with Crippen molar-refractivity contribution in [1.29, 1.82) is 0 Å². The Morgan fingerprint density at radius 3 is 2.86 bits per heavy atom. The summed E-state index contributed by atoms with van der Waals surface area (Å²) in [6.07, 6.45) is 4.88. The Morgan fingerprint density at radius 1 is 1.32 bits per heavy atom. The topological polar surface area (TPSA) is 50.6 Å². The van der Waals surface area contributed by atoms with Crippen LogP contribution in [0.3, 0.4) is 0 Å². The molecule has 3 rings (SSSR count). The van der Waals surface area contributed by atoms with Gasteiger partial charge in [0.15, 0.2) is 5.60 Å². The lowest BCUT2D eigenvalue weighted by Crippen LogP contribution is -2.59. The van der Waals surface area contributed by atoms with Crippen LogP contribution in [0.1, 0.15) is 30.5 Å². The molecule has 2 saturated heterocycles. The average Bonchev–Trinajstić information content (AvgIpc) is 2.76. The van der Waals surface area contributed by atoms with Crippen molar-refractivity contribution < 1.29 is 9.53 Å². The van der Waals surface area contributed by atoms with Crippen molar-refractivity contribution in [2.45, 2.75) is 38.3 Å². The number of amides is 1. The molecule has 1 unspecified atom stereocenters. The van der Waals surface area contributed by atoms with E-state index >= 15 is 0 Å². The van der Waals surface area contributed by atoms with Crippen LogP contribution in [-0.4, -0.2) is 64.4 Å². The van der Waals surface area contributed by atoms with Gasteiger partial charge in [0, 0.05) is 51.5 Å². The van der Waals surface area contributed by atoms with Gasteiger partial charge in [0.25, 0.3) is 5.91 Å². The summed E-state index contributed by atoms with van der Waals surface area (Å²) in [5, 5.41) is 4.31. The zero-order valence-corrected chi connectivity index (χ0v) is 13.8. The number of likely N-dealkylation sites (N-methyl/N-ethyl adjacent to an activating group) is 1. The molecule has 1 aromatic heterocycles. The van der Waals surface area contributed by atoms with Crippen LogP contribution in [0.5, 0.6) is 0 Å². The molecule has 0 bridgehead atoms. The number of morpholine rings is 1. The van der Waals surface area contributed by atoms with Gasteiger partial charge in [-0.25, -0.2) is 0 Å². The highest BCUT2D eigenvalue weighted by Crippen LogP contribution is 2.30. The second kappa shape index (κ2) is 6.01. The maximum Gasteiger partial charge on any atom is 0.255 e. The normalized spacial score (nSPS) is 27.4. The van der Waals surface area contributed by atoms with Gasteiger partial charge in [0.05, 0.1) is 12.8 Å². The van der Waals surface area contributed by atoms with Gasteiger partial charge >= 0.3 is 0 Å². The van der Waals surface area contributed by atoms with E-state index in [1.165, 1.54) is 11.3 Å². The predicted octanol–water partition coefficient (Wildman–Crippen LogP) is 0.942. The number of hydrogen-bond acceptors (Lipinski definition) is 4. The van der Waals surface area contributed by atoms with E-state index in [1.54, 1.807) is 0 Å². The summed E-state index contributed by atoms with van der Waals surface area (Å²) in [4.78, 5) is 16.9. The van der Waals surface area contributed by atoms with E-state index in [0.29, 0.717) is 13.2 Å². The number of aryl methyl sites for hydroxylation is 1. The number of aromatic nitrogens is 2. The Balaban J connectivity index is 1.75. The molecular formula is C16H26N4O2. The van der Waals surface area contributed by atoms with Crippen molar-refractivity contribution in [1.82, 2.24) is 19.6 Å². The van der Waals surface area contributed by atoms with Gasteiger partial charge in [0.2, 0.25) is 0 Å². The third-order valence-electron chi connectivity index (χ3n) is 5.06.